The van der Waals surface area contributed by atoms with Gasteiger partial charge in [0.25, 0.3) is 5.91 Å². The Balaban J connectivity index is 2.10. The third-order valence-electron chi connectivity index (χ3n) is 3.27. The average molecular weight is 282 g/mol. The highest BCUT2D eigenvalue weighted by Gasteiger charge is 2.19. The van der Waals surface area contributed by atoms with Gasteiger partial charge in [-0.05, 0) is 18.4 Å². The number of aromatic nitrogens is 1. The summed E-state index contributed by atoms with van der Waals surface area (Å²) in [6, 6.07) is 14.1. The number of rotatable bonds is 3. The van der Waals surface area contributed by atoms with Gasteiger partial charge in [-0.1, -0.05) is 36.4 Å². The molecule has 0 atom stereocenters. The van der Waals surface area contributed by atoms with Gasteiger partial charge in [0.15, 0.2) is 0 Å². The van der Waals surface area contributed by atoms with Gasteiger partial charge in [-0.3, -0.25) is 4.79 Å². The molecule has 20 heavy (non-hydrogen) atoms. The monoisotopic (exact) mass is 282 g/mol. The molecule has 1 amide bonds. The van der Waals surface area contributed by atoms with Crippen molar-refractivity contribution >= 4 is 33.7 Å². The van der Waals surface area contributed by atoms with Gasteiger partial charge in [0, 0.05) is 17.3 Å². The topological polar surface area (TPSA) is 33.2 Å². The summed E-state index contributed by atoms with van der Waals surface area (Å²) in [6.45, 7) is 2.59. The van der Waals surface area contributed by atoms with Crippen LogP contribution < -0.4 is 4.90 Å². The van der Waals surface area contributed by atoms with Crippen molar-refractivity contribution in [1.29, 1.82) is 0 Å². The van der Waals surface area contributed by atoms with Gasteiger partial charge in [0.1, 0.15) is 5.69 Å². The quantitative estimate of drug-likeness (QED) is 0.728. The maximum absolute atomic E-state index is 12.6. The Morgan fingerprint density at radius 1 is 1.20 bits per heavy atom. The predicted octanol–water partition coefficient (Wildman–Crippen LogP) is 3.96. The van der Waals surface area contributed by atoms with Crippen LogP contribution in [0.25, 0.3) is 10.8 Å². The molecule has 0 aliphatic carbocycles. The van der Waals surface area contributed by atoms with E-state index < -0.39 is 0 Å². The number of hydrogen-bond acceptors (Lipinski definition) is 3. The summed E-state index contributed by atoms with van der Waals surface area (Å²) in [6.07, 6.45) is 0. The van der Waals surface area contributed by atoms with Gasteiger partial charge in [-0.25, -0.2) is 4.98 Å². The van der Waals surface area contributed by atoms with Crippen molar-refractivity contribution in [2.45, 2.75) is 6.92 Å². The van der Waals surface area contributed by atoms with E-state index in [1.807, 2.05) is 37.3 Å². The molecule has 0 aliphatic heterocycles. The van der Waals surface area contributed by atoms with Crippen molar-refractivity contribution in [3.8, 4) is 0 Å². The zero-order valence-corrected chi connectivity index (χ0v) is 11.9. The molecule has 3 aromatic rings. The van der Waals surface area contributed by atoms with Gasteiger partial charge in [-0.15, -0.1) is 11.3 Å². The van der Waals surface area contributed by atoms with Crippen LogP contribution in [0.2, 0.25) is 0 Å². The minimum absolute atomic E-state index is 0.0508. The Bertz CT molecular complexity index is 732. The van der Waals surface area contributed by atoms with Gasteiger partial charge < -0.3 is 4.90 Å². The lowest BCUT2D eigenvalue weighted by Crippen LogP contribution is -2.31. The molecule has 1 heterocycles. The van der Waals surface area contributed by atoms with E-state index in [0.29, 0.717) is 12.2 Å². The molecule has 1 aromatic heterocycles. The minimum atomic E-state index is -0.0508. The fraction of sp³-hybridized carbons (Fsp3) is 0.125. The first-order chi connectivity index (χ1) is 9.81. The van der Waals surface area contributed by atoms with Crippen LogP contribution in [0.4, 0.5) is 5.69 Å². The number of amides is 1. The van der Waals surface area contributed by atoms with E-state index in [0.717, 1.165) is 16.5 Å². The molecule has 0 bridgehead atoms. The minimum Gasteiger partial charge on any atom is -0.307 e. The highest BCUT2D eigenvalue weighted by Crippen LogP contribution is 2.27. The molecule has 0 aliphatic rings. The average Bonchev–Trinajstić information content (AvgIpc) is 3.02. The summed E-state index contributed by atoms with van der Waals surface area (Å²) in [5.41, 5.74) is 3.12. The van der Waals surface area contributed by atoms with E-state index in [9.17, 15) is 4.79 Å². The molecule has 0 unspecified atom stereocenters. The standard InChI is InChI=1S/C16H14N2OS/c1-2-18(16(19)14-10-20-11-17-14)15-9-5-7-12-6-3-4-8-13(12)15/h3-11H,2H2,1H3. The molecule has 4 heteroatoms. The molecular formula is C16H14N2OS. The summed E-state index contributed by atoms with van der Waals surface area (Å²) in [7, 11) is 0. The molecule has 0 saturated carbocycles. The highest BCUT2D eigenvalue weighted by atomic mass is 32.1. The molecule has 0 radical (unpaired) electrons. The van der Waals surface area contributed by atoms with Crippen molar-refractivity contribution < 1.29 is 4.79 Å². The van der Waals surface area contributed by atoms with Crippen LogP contribution >= 0.6 is 11.3 Å². The largest absolute Gasteiger partial charge is 0.307 e. The van der Waals surface area contributed by atoms with Gasteiger partial charge in [-0.2, -0.15) is 0 Å². The molecule has 3 rings (SSSR count). The Labute approximate surface area is 121 Å². The number of hydrogen-bond donors (Lipinski definition) is 0. The SMILES string of the molecule is CCN(C(=O)c1cscn1)c1cccc2ccccc12. The van der Waals surface area contributed by atoms with Crippen molar-refractivity contribution in [2.75, 3.05) is 11.4 Å². The van der Waals surface area contributed by atoms with E-state index >= 15 is 0 Å². The number of anilines is 1. The number of fused-ring (bicyclic) bond motifs is 1. The van der Waals surface area contributed by atoms with Gasteiger partial charge in [0.2, 0.25) is 0 Å². The maximum atomic E-state index is 12.6. The number of carbonyl (C=O) groups is 1. The molecule has 3 nitrogen and oxygen atoms in total. The first kappa shape index (κ1) is 12.8. The summed E-state index contributed by atoms with van der Waals surface area (Å²) < 4.78 is 0. The second-order valence-corrected chi connectivity index (χ2v) is 5.14. The lowest BCUT2D eigenvalue weighted by atomic mass is 10.1. The smallest absolute Gasteiger partial charge is 0.277 e. The molecule has 0 saturated heterocycles. The first-order valence-corrected chi connectivity index (χ1v) is 7.43. The van der Waals surface area contributed by atoms with E-state index in [4.69, 9.17) is 0 Å². The summed E-state index contributed by atoms with van der Waals surface area (Å²) in [5.74, 6) is -0.0508. The first-order valence-electron chi connectivity index (χ1n) is 6.49. The zero-order valence-electron chi connectivity index (χ0n) is 11.1. The third kappa shape index (κ3) is 2.18. The van der Waals surface area contributed by atoms with Gasteiger partial charge in [0.05, 0.1) is 11.2 Å². The molecular weight excluding hydrogens is 268 g/mol. The van der Waals surface area contributed by atoms with E-state index in [1.54, 1.807) is 15.8 Å². The fourth-order valence-corrected chi connectivity index (χ4v) is 2.85. The molecule has 0 spiro atoms. The molecule has 0 fully saturated rings. The second-order valence-electron chi connectivity index (χ2n) is 4.42. The summed E-state index contributed by atoms with van der Waals surface area (Å²) in [4.78, 5) is 18.4. The van der Waals surface area contributed by atoms with Crippen molar-refractivity contribution in [1.82, 2.24) is 4.98 Å². The maximum Gasteiger partial charge on any atom is 0.277 e. The number of benzene rings is 2. The zero-order chi connectivity index (χ0) is 13.9. The number of carbonyl (C=O) groups excluding carboxylic acids is 1. The van der Waals surface area contributed by atoms with Crippen LogP contribution in [0.15, 0.2) is 53.4 Å². The van der Waals surface area contributed by atoms with Crippen molar-refractivity contribution in [3.63, 3.8) is 0 Å². The number of thiazole rings is 1. The normalized spacial score (nSPS) is 10.7. The van der Waals surface area contributed by atoms with Crippen LogP contribution in [0.3, 0.4) is 0 Å². The van der Waals surface area contributed by atoms with Crippen LogP contribution in [0.1, 0.15) is 17.4 Å². The number of nitrogens with zero attached hydrogens (tertiary/aromatic N) is 2. The Kier molecular flexibility index (Phi) is 3.48. The molecule has 100 valence electrons. The molecule has 0 N–H and O–H groups in total. The van der Waals surface area contributed by atoms with E-state index in [2.05, 4.69) is 17.1 Å². The van der Waals surface area contributed by atoms with Crippen LogP contribution in [-0.4, -0.2) is 17.4 Å². The summed E-state index contributed by atoms with van der Waals surface area (Å²) in [5, 5.41) is 4.01. The summed E-state index contributed by atoms with van der Waals surface area (Å²) >= 11 is 1.44. The van der Waals surface area contributed by atoms with Crippen molar-refractivity contribution in [2.24, 2.45) is 0 Å². The van der Waals surface area contributed by atoms with E-state index in [1.165, 1.54) is 11.3 Å². The lowest BCUT2D eigenvalue weighted by molar-refractivity contribution is 0.0984. The Morgan fingerprint density at radius 2 is 2.00 bits per heavy atom. The Hall–Kier alpha value is -2.20. The molecule has 2 aromatic carbocycles. The van der Waals surface area contributed by atoms with Crippen molar-refractivity contribution in [3.05, 3.63) is 59.0 Å². The van der Waals surface area contributed by atoms with Gasteiger partial charge >= 0.3 is 0 Å². The fourth-order valence-electron chi connectivity index (χ4n) is 2.32. The third-order valence-corrected chi connectivity index (χ3v) is 3.86. The highest BCUT2D eigenvalue weighted by molar-refractivity contribution is 7.07. The van der Waals surface area contributed by atoms with E-state index in [-0.39, 0.29) is 5.91 Å². The predicted molar refractivity (Wildman–Crippen MR) is 83.4 cm³/mol. The van der Waals surface area contributed by atoms with Crippen LogP contribution in [-0.2, 0) is 0 Å². The Morgan fingerprint density at radius 3 is 2.75 bits per heavy atom. The lowest BCUT2D eigenvalue weighted by Gasteiger charge is -2.21. The van der Waals surface area contributed by atoms with Crippen LogP contribution in [0, 0.1) is 0 Å². The second kappa shape index (κ2) is 5.43. The van der Waals surface area contributed by atoms with Crippen LogP contribution in [0.5, 0.6) is 0 Å².